The Morgan fingerprint density at radius 3 is 2.68 bits per heavy atom. The largest absolute Gasteiger partial charge is 0.375 e. The van der Waals surface area contributed by atoms with Crippen LogP contribution in [0.2, 0.25) is 0 Å². The number of hydrazine groups is 1. The van der Waals surface area contributed by atoms with Gasteiger partial charge in [0.05, 0.1) is 23.3 Å². The third-order valence-corrected chi connectivity index (χ3v) is 7.78. The lowest BCUT2D eigenvalue weighted by atomic mass is 10.1. The molecule has 2 saturated heterocycles. The Morgan fingerprint density at radius 1 is 1.24 bits per heavy atom. The molecule has 0 spiro atoms. The van der Waals surface area contributed by atoms with E-state index in [1.807, 2.05) is 32.0 Å². The Bertz CT molecular complexity index is 1380. The van der Waals surface area contributed by atoms with Crippen molar-refractivity contribution in [3.8, 4) is 0 Å². The molecule has 200 valence electrons. The Labute approximate surface area is 223 Å². The first-order chi connectivity index (χ1) is 18.1. The lowest BCUT2D eigenvalue weighted by Gasteiger charge is -2.46. The van der Waals surface area contributed by atoms with Gasteiger partial charge in [-0.05, 0) is 50.1 Å². The van der Waals surface area contributed by atoms with Gasteiger partial charge in [-0.3, -0.25) is 14.6 Å². The number of urea groups is 1. The minimum absolute atomic E-state index is 0.0174. The number of hydrogen-bond acceptors (Lipinski definition) is 7. The average molecular weight is 540 g/mol. The summed E-state index contributed by atoms with van der Waals surface area (Å²) in [6, 6.07) is 10.4. The number of nitrogens with zero attached hydrogens (tertiary/aromatic N) is 5. The first-order valence-electron chi connectivity index (χ1n) is 12.5. The van der Waals surface area contributed by atoms with Crippen LogP contribution < -0.4 is 11.1 Å². The predicted molar refractivity (Wildman–Crippen MR) is 142 cm³/mol. The standard InChI is InChI=1S/C26H30FN7O3S/c1-15(2)34(26(37)29-11-17-7-9-19(27)10-8-17)32-14-22(35)33-16(3)24(36)31(13-21(32)33)12-18-5-4-6-20-23(18)30-25(28)38-20/h4-10,15-16,21H,11-14H2,1-3H3,(H2,28,30)(H,29,37)/t16?,21-/m1/s1. The van der Waals surface area contributed by atoms with Crippen LogP contribution in [0.5, 0.6) is 0 Å². The van der Waals surface area contributed by atoms with E-state index >= 15 is 0 Å². The number of fused-ring (bicyclic) bond motifs is 2. The van der Waals surface area contributed by atoms with Crippen LogP contribution in [-0.4, -0.2) is 74.0 Å². The molecular weight excluding hydrogens is 509 g/mol. The van der Waals surface area contributed by atoms with E-state index in [1.54, 1.807) is 33.9 Å². The average Bonchev–Trinajstić information content (AvgIpc) is 3.41. The number of piperazine rings is 1. The summed E-state index contributed by atoms with van der Waals surface area (Å²) in [6.45, 7) is 6.20. The van der Waals surface area contributed by atoms with Gasteiger partial charge in [0.25, 0.3) is 0 Å². The number of halogens is 1. The third kappa shape index (κ3) is 4.76. The van der Waals surface area contributed by atoms with Crippen LogP contribution >= 0.6 is 11.3 Å². The second-order valence-corrected chi connectivity index (χ2v) is 10.9. The molecule has 4 amide bonds. The van der Waals surface area contributed by atoms with Gasteiger partial charge in [-0.15, -0.1) is 0 Å². The van der Waals surface area contributed by atoms with Crippen LogP contribution in [0, 0.1) is 5.82 Å². The van der Waals surface area contributed by atoms with Gasteiger partial charge in [0.2, 0.25) is 11.8 Å². The summed E-state index contributed by atoms with van der Waals surface area (Å²) < 4.78 is 14.2. The zero-order valence-corrected chi connectivity index (χ0v) is 22.2. The van der Waals surface area contributed by atoms with Crippen LogP contribution in [0.4, 0.5) is 14.3 Å². The van der Waals surface area contributed by atoms with Crippen molar-refractivity contribution in [2.45, 2.75) is 52.1 Å². The van der Waals surface area contributed by atoms with Crippen molar-refractivity contribution in [3.63, 3.8) is 0 Å². The fraction of sp³-hybridized carbons (Fsp3) is 0.385. The van der Waals surface area contributed by atoms with Crippen molar-refractivity contribution in [1.82, 2.24) is 30.1 Å². The molecule has 1 unspecified atom stereocenters. The fourth-order valence-electron chi connectivity index (χ4n) is 5.19. The smallest absolute Gasteiger partial charge is 0.332 e. The lowest BCUT2D eigenvalue weighted by molar-refractivity contribution is -0.157. The van der Waals surface area contributed by atoms with Crippen LogP contribution in [-0.2, 0) is 22.7 Å². The summed E-state index contributed by atoms with van der Waals surface area (Å²) in [7, 11) is 0. The van der Waals surface area contributed by atoms with Crippen molar-refractivity contribution in [3.05, 3.63) is 59.4 Å². The quantitative estimate of drug-likeness (QED) is 0.498. The first-order valence-corrected chi connectivity index (χ1v) is 13.3. The number of nitrogen functional groups attached to an aromatic ring is 1. The van der Waals surface area contributed by atoms with E-state index < -0.39 is 12.2 Å². The topological polar surface area (TPSA) is 115 Å². The minimum atomic E-state index is -0.678. The van der Waals surface area contributed by atoms with Crippen molar-refractivity contribution < 1.29 is 18.8 Å². The Kier molecular flexibility index (Phi) is 6.93. The first kappa shape index (κ1) is 25.9. The molecule has 38 heavy (non-hydrogen) atoms. The maximum atomic E-state index is 13.3. The number of anilines is 1. The molecule has 2 aromatic carbocycles. The number of amides is 4. The minimum Gasteiger partial charge on any atom is -0.375 e. The van der Waals surface area contributed by atoms with Crippen molar-refractivity contribution in [2.24, 2.45) is 0 Å². The number of nitrogens with two attached hydrogens (primary N) is 1. The van der Waals surface area contributed by atoms with Crippen molar-refractivity contribution >= 4 is 44.5 Å². The van der Waals surface area contributed by atoms with E-state index in [-0.39, 0.29) is 49.3 Å². The molecule has 12 heteroatoms. The maximum Gasteiger partial charge on any atom is 0.332 e. The summed E-state index contributed by atoms with van der Waals surface area (Å²) in [5.41, 5.74) is 8.31. The van der Waals surface area contributed by atoms with E-state index in [0.717, 1.165) is 21.3 Å². The number of para-hydroxylation sites is 1. The maximum absolute atomic E-state index is 13.3. The second-order valence-electron chi connectivity index (χ2n) is 9.81. The molecule has 2 fully saturated rings. The van der Waals surface area contributed by atoms with E-state index in [9.17, 15) is 18.8 Å². The summed E-state index contributed by atoms with van der Waals surface area (Å²) >= 11 is 1.39. The zero-order valence-electron chi connectivity index (χ0n) is 21.4. The fourth-order valence-corrected chi connectivity index (χ4v) is 5.97. The number of aromatic nitrogens is 1. The van der Waals surface area contributed by atoms with Gasteiger partial charge >= 0.3 is 6.03 Å². The van der Waals surface area contributed by atoms with Crippen LogP contribution in [0.25, 0.3) is 10.2 Å². The second kappa shape index (κ2) is 10.2. The monoisotopic (exact) mass is 539 g/mol. The summed E-state index contributed by atoms with van der Waals surface area (Å²) in [5, 5.41) is 6.61. The number of nitrogens with one attached hydrogen (secondary N) is 1. The highest BCUT2D eigenvalue weighted by Gasteiger charge is 2.51. The number of carbonyl (C=O) groups excluding carboxylic acids is 3. The van der Waals surface area contributed by atoms with E-state index in [0.29, 0.717) is 11.7 Å². The molecule has 2 atom stereocenters. The highest BCUT2D eigenvalue weighted by Crippen LogP contribution is 2.31. The SMILES string of the molecule is CC1C(=O)N(Cc2cccc3sc(N)nc23)C[C@H]2N1C(=O)CN2N(C(=O)NCc1ccc(F)cc1)C(C)C. The van der Waals surface area contributed by atoms with Gasteiger partial charge in [0.1, 0.15) is 18.0 Å². The number of rotatable bonds is 6. The Balaban J connectivity index is 1.37. The molecule has 10 nitrogen and oxygen atoms in total. The molecule has 3 heterocycles. The van der Waals surface area contributed by atoms with E-state index in [1.165, 1.54) is 28.5 Å². The molecule has 3 N–H and O–H groups in total. The number of hydrogen-bond donors (Lipinski definition) is 2. The molecule has 1 aromatic heterocycles. The molecule has 2 aliphatic heterocycles. The Morgan fingerprint density at radius 2 is 1.97 bits per heavy atom. The molecule has 0 saturated carbocycles. The predicted octanol–water partition coefficient (Wildman–Crippen LogP) is 2.75. The molecule has 0 aliphatic carbocycles. The zero-order chi connectivity index (χ0) is 27.1. The molecule has 3 aromatic rings. The summed E-state index contributed by atoms with van der Waals surface area (Å²) in [6.07, 6.45) is -0.506. The highest BCUT2D eigenvalue weighted by atomic mass is 32.1. The summed E-state index contributed by atoms with van der Waals surface area (Å²) in [5.74, 6) is -0.713. The van der Waals surface area contributed by atoms with Gasteiger partial charge in [0, 0.05) is 19.1 Å². The molecule has 2 aliphatic rings. The molecular formula is C26H30FN7O3S. The van der Waals surface area contributed by atoms with Gasteiger partial charge in [-0.2, -0.15) is 5.01 Å². The molecule has 5 rings (SSSR count). The van der Waals surface area contributed by atoms with E-state index in [4.69, 9.17) is 5.73 Å². The van der Waals surface area contributed by atoms with Gasteiger partial charge < -0.3 is 20.9 Å². The van der Waals surface area contributed by atoms with Crippen LogP contribution in [0.1, 0.15) is 31.9 Å². The number of thiazole rings is 1. The highest BCUT2D eigenvalue weighted by molar-refractivity contribution is 7.22. The summed E-state index contributed by atoms with van der Waals surface area (Å²) in [4.78, 5) is 47.5. The van der Waals surface area contributed by atoms with Crippen molar-refractivity contribution in [2.75, 3.05) is 18.8 Å². The molecule has 0 radical (unpaired) electrons. The third-order valence-electron chi connectivity index (χ3n) is 6.93. The number of carbonyl (C=O) groups is 3. The van der Waals surface area contributed by atoms with Gasteiger partial charge in [-0.25, -0.2) is 14.2 Å². The Hall–Kier alpha value is -3.77. The van der Waals surface area contributed by atoms with Gasteiger partial charge in [-0.1, -0.05) is 35.6 Å². The van der Waals surface area contributed by atoms with Crippen molar-refractivity contribution in [1.29, 1.82) is 0 Å². The molecule has 0 bridgehead atoms. The number of benzene rings is 2. The normalized spacial score (nSPS) is 19.9. The van der Waals surface area contributed by atoms with Gasteiger partial charge in [0.15, 0.2) is 5.13 Å². The van der Waals surface area contributed by atoms with Crippen LogP contribution in [0.3, 0.4) is 0 Å². The van der Waals surface area contributed by atoms with Crippen LogP contribution in [0.15, 0.2) is 42.5 Å². The van der Waals surface area contributed by atoms with E-state index in [2.05, 4.69) is 10.3 Å². The lowest BCUT2D eigenvalue weighted by Crippen LogP contribution is -2.65.